The molecule has 0 fully saturated rings. The summed E-state index contributed by atoms with van der Waals surface area (Å²) < 4.78 is 15.7. The highest BCUT2D eigenvalue weighted by atomic mass is 35.5. The van der Waals surface area contributed by atoms with Gasteiger partial charge in [0, 0.05) is 17.2 Å². The zero-order valence-electron chi connectivity index (χ0n) is 15.3. The van der Waals surface area contributed by atoms with Crippen LogP contribution < -0.4 is 9.47 Å². The van der Waals surface area contributed by atoms with Crippen LogP contribution in [0, 0.1) is 17.0 Å². The van der Waals surface area contributed by atoms with Gasteiger partial charge in [0.25, 0.3) is 11.6 Å². The molecule has 0 spiro atoms. The maximum absolute atomic E-state index is 11.1. The Morgan fingerprint density at radius 1 is 1.18 bits per heavy atom. The van der Waals surface area contributed by atoms with Crippen LogP contribution in [-0.2, 0) is 0 Å². The van der Waals surface area contributed by atoms with Crippen LogP contribution in [0.15, 0.2) is 40.9 Å². The molecule has 3 rings (SSSR count). The number of rotatable bonds is 6. The predicted octanol–water partition coefficient (Wildman–Crippen LogP) is 4.71. The number of nitro benzene ring substituents is 1. The Morgan fingerprint density at radius 2 is 1.93 bits per heavy atom. The van der Waals surface area contributed by atoms with E-state index < -0.39 is 4.92 Å². The van der Waals surface area contributed by atoms with Crippen LogP contribution >= 0.6 is 11.6 Å². The van der Waals surface area contributed by atoms with E-state index in [-0.39, 0.29) is 16.6 Å². The Labute approximate surface area is 165 Å². The molecule has 9 heteroatoms. The zero-order valence-corrected chi connectivity index (χ0v) is 16.1. The highest BCUT2D eigenvalue weighted by Crippen LogP contribution is 2.32. The lowest BCUT2D eigenvalue weighted by molar-refractivity contribution is -0.385. The molecule has 0 aliphatic carbocycles. The number of ether oxygens (including phenoxy) is 2. The third kappa shape index (κ3) is 3.96. The van der Waals surface area contributed by atoms with Gasteiger partial charge < -0.3 is 14.0 Å². The van der Waals surface area contributed by atoms with Crippen LogP contribution in [0.2, 0.25) is 0 Å². The molecular weight excluding hydrogens is 386 g/mol. The summed E-state index contributed by atoms with van der Waals surface area (Å²) in [6, 6.07) is 10.0. The molecule has 0 N–H and O–H groups in total. The number of nitrogens with zero attached hydrogens (tertiary/aromatic N) is 3. The molecule has 144 valence electrons. The molecule has 1 aromatic heterocycles. The Hall–Kier alpha value is -3.39. The lowest BCUT2D eigenvalue weighted by Crippen LogP contribution is -1.92. The number of hydrogen-bond donors (Lipinski definition) is 0. The van der Waals surface area contributed by atoms with Crippen molar-refractivity contribution >= 4 is 28.4 Å². The van der Waals surface area contributed by atoms with E-state index in [4.69, 9.17) is 25.6 Å². The Morgan fingerprint density at radius 3 is 2.61 bits per heavy atom. The average Bonchev–Trinajstić information content (AvgIpc) is 3.19. The number of hydrogen-bond acceptors (Lipinski definition) is 7. The first-order valence-corrected chi connectivity index (χ1v) is 8.49. The van der Waals surface area contributed by atoms with Gasteiger partial charge >= 0.3 is 0 Å². The fourth-order valence-corrected chi connectivity index (χ4v) is 2.74. The average molecular weight is 402 g/mol. The molecule has 0 aliphatic rings. The van der Waals surface area contributed by atoms with Crippen LogP contribution in [0.25, 0.3) is 22.5 Å². The summed E-state index contributed by atoms with van der Waals surface area (Å²) in [6.07, 6.45) is 1.53. The largest absolute Gasteiger partial charge is 0.493 e. The predicted molar refractivity (Wildman–Crippen MR) is 104 cm³/mol. The van der Waals surface area contributed by atoms with Crippen LogP contribution in [0.5, 0.6) is 11.5 Å². The summed E-state index contributed by atoms with van der Waals surface area (Å²) in [4.78, 5) is 14.9. The molecule has 0 aliphatic heterocycles. The molecule has 8 nitrogen and oxygen atoms in total. The Kier molecular flexibility index (Phi) is 5.60. The molecule has 28 heavy (non-hydrogen) atoms. The van der Waals surface area contributed by atoms with E-state index >= 15 is 0 Å². The number of aryl methyl sites for hydroxylation is 1. The van der Waals surface area contributed by atoms with E-state index in [0.29, 0.717) is 34.0 Å². The lowest BCUT2D eigenvalue weighted by atomic mass is 10.1. The summed E-state index contributed by atoms with van der Waals surface area (Å²) in [6.45, 7) is 1.67. The smallest absolute Gasteiger partial charge is 0.272 e. The number of nitro groups is 1. The summed E-state index contributed by atoms with van der Waals surface area (Å²) in [7, 11) is 3.08. The monoisotopic (exact) mass is 401 g/mol. The number of benzene rings is 2. The maximum atomic E-state index is 11.1. The third-order valence-corrected chi connectivity index (χ3v) is 4.27. The lowest BCUT2D eigenvalue weighted by Gasteiger charge is -2.07. The van der Waals surface area contributed by atoms with Crippen LogP contribution in [0.1, 0.15) is 17.0 Å². The van der Waals surface area contributed by atoms with Gasteiger partial charge in [-0.1, -0.05) is 28.9 Å². The maximum Gasteiger partial charge on any atom is 0.272 e. The van der Waals surface area contributed by atoms with Gasteiger partial charge in [0.15, 0.2) is 11.5 Å². The molecule has 0 atom stereocenters. The van der Waals surface area contributed by atoms with Gasteiger partial charge in [0.2, 0.25) is 5.82 Å². The fraction of sp³-hybridized carbons (Fsp3) is 0.158. The van der Waals surface area contributed by atoms with E-state index in [2.05, 4.69) is 10.1 Å². The molecule has 0 bridgehead atoms. The second kappa shape index (κ2) is 8.10. The normalized spacial score (nSPS) is 11.4. The van der Waals surface area contributed by atoms with Gasteiger partial charge in [0.05, 0.1) is 19.1 Å². The minimum absolute atomic E-state index is 0.00904. The van der Waals surface area contributed by atoms with Crippen molar-refractivity contribution < 1.29 is 18.9 Å². The second-order valence-corrected chi connectivity index (χ2v) is 6.20. The molecule has 0 unspecified atom stereocenters. The third-order valence-electron chi connectivity index (χ3n) is 4.00. The molecule has 0 saturated carbocycles. The van der Waals surface area contributed by atoms with Crippen molar-refractivity contribution in [3.05, 3.63) is 63.5 Å². The quantitative estimate of drug-likeness (QED) is 0.435. The van der Waals surface area contributed by atoms with Gasteiger partial charge in [-0.3, -0.25) is 10.1 Å². The van der Waals surface area contributed by atoms with E-state index in [1.54, 1.807) is 44.4 Å². The van der Waals surface area contributed by atoms with Crippen molar-refractivity contribution in [1.82, 2.24) is 10.1 Å². The van der Waals surface area contributed by atoms with Crippen molar-refractivity contribution in [3.8, 4) is 22.9 Å². The van der Waals surface area contributed by atoms with Gasteiger partial charge in [-0.25, -0.2) is 0 Å². The molecule has 0 amide bonds. The molecular formula is C19H16ClN3O5. The number of halogens is 1. The minimum atomic E-state index is -0.442. The van der Waals surface area contributed by atoms with Gasteiger partial charge in [-0.15, -0.1) is 0 Å². The van der Waals surface area contributed by atoms with Crippen LogP contribution in [0.3, 0.4) is 0 Å². The van der Waals surface area contributed by atoms with Crippen molar-refractivity contribution in [2.24, 2.45) is 0 Å². The Bertz CT molecular complexity index is 1060. The Balaban J connectivity index is 1.90. The van der Waals surface area contributed by atoms with Crippen LogP contribution in [-0.4, -0.2) is 29.3 Å². The first-order chi connectivity index (χ1) is 13.4. The highest BCUT2D eigenvalue weighted by molar-refractivity contribution is 6.50. The van der Waals surface area contributed by atoms with Crippen molar-refractivity contribution in [2.75, 3.05) is 14.2 Å². The SMILES string of the molecule is COc1ccc(-c2noc(/C(Cl)=C/c3ccc(C)c([N+](=O)[O-])c3)n2)cc1OC. The van der Waals surface area contributed by atoms with Gasteiger partial charge in [-0.05, 0) is 36.8 Å². The molecule has 3 aromatic rings. The van der Waals surface area contributed by atoms with Gasteiger partial charge in [-0.2, -0.15) is 4.98 Å². The highest BCUT2D eigenvalue weighted by Gasteiger charge is 2.15. The van der Waals surface area contributed by atoms with E-state index in [1.165, 1.54) is 19.3 Å². The topological polar surface area (TPSA) is 101 Å². The van der Waals surface area contributed by atoms with E-state index in [9.17, 15) is 10.1 Å². The van der Waals surface area contributed by atoms with Crippen molar-refractivity contribution in [3.63, 3.8) is 0 Å². The first-order valence-electron chi connectivity index (χ1n) is 8.11. The van der Waals surface area contributed by atoms with E-state index in [1.807, 2.05) is 0 Å². The van der Waals surface area contributed by atoms with Crippen molar-refractivity contribution in [1.29, 1.82) is 0 Å². The number of aromatic nitrogens is 2. The van der Waals surface area contributed by atoms with E-state index in [0.717, 1.165) is 0 Å². The first kappa shape index (κ1) is 19.4. The second-order valence-electron chi connectivity index (χ2n) is 5.79. The molecule has 0 radical (unpaired) electrons. The number of methoxy groups -OCH3 is 2. The van der Waals surface area contributed by atoms with Gasteiger partial charge in [0.1, 0.15) is 5.03 Å². The fourth-order valence-electron chi connectivity index (χ4n) is 2.53. The summed E-state index contributed by atoms with van der Waals surface area (Å²) in [5.74, 6) is 1.51. The summed E-state index contributed by atoms with van der Waals surface area (Å²) in [5, 5.41) is 15.2. The summed E-state index contributed by atoms with van der Waals surface area (Å²) in [5.41, 5.74) is 1.78. The molecule has 2 aromatic carbocycles. The zero-order chi connectivity index (χ0) is 20.3. The molecule has 0 saturated heterocycles. The summed E-state index contributed by atoms with van der Waals surface area (Å²) >= 11 is 6.27. The minimum Gasteiger partial charge on any atom is -0.493 e. The standard InChI is InChI=1S/C19H16ClN3O5/c1-11-4-5-12(9-15(11)23(24)25)8-14(20)19-21-18(22-28-19)13-6-7-16(26-2)17(10-13)27-3/h4-10H,1-3H3/b14-8-. The van der Waals surface area contributed by atoms with Crippen LogP contribution in [0.4, 0.5) is 5.69 Å². The molecule has 1 heterocycles. The van der Waals surface area contributed by atoms with Crippen molar-refractivity contribution in [2.45, 2.75) is 6.92 Å².